The van der Waals surface area contributed by atoms with Crippen molar-refractivity contribution in [3.05, 3.63) is 39.9 Å². The first kappa shape index (κ1) is 12.3. The zero-order valence-corrected chi connectivity index (χ0v) is 11.3. The zero-order chi connectivity index (χ0) is 12.3. The van der Waals surface area contributed by atoms with Gasteiger partial charge in [0.05, 0.1) is 12.2 Å². The van der Waals surface area contributed by atoms with Crippen LogP contribution in [0.1, 0.15) is 24.8 Å². The number of rotatable bonds is 4. The highest BCUT2D eigenvalue weighted by molar-refractivity contribution is 7.10. The molecule has 0 radical (unpaired) electrons. The summed E-state index contributed by atoms with van der Waals surface area (Å²) in [6.45, 7) is 4.35. The van der Waals surface area contributed by atoms with Crippen LogP contribution in [0.15, 0.2) is 30.0 Å². The molecule has 0 fully saturated rings. The van der Waals surface area contributed by atoms with Gasteiger partial charge in [-0.15, -0.1) is 11.3 Å². The Morgan fingerprint density at radius 3 is 2.82 bits per heavy atom. The number of hydrogen-bond donors (Lipinski definition) is 1. The van der Waals surface area contributed by atoms with E-state index < -0.39 is 0 Å². The third-order valence-corrected chi connectivity index (χ3v) is 3.71. The summed E-state index contributed by atoms with van der Waals surface area (Å²) in [7, 11) is 0. The van der Waals surface area contributed by atoms with E-state index in [0.29, 0.717) is 16.8 Å². The lowest BCUT2D eigenvalue weighted by molar-refractivity contribution is 0.552. The van der Waals surface area contributed by atoms with E-state index in [1.54, 1.807) is 17.5 Å². The third kappa shape index (κ3) is 2.96. The van der Waals surface area contributed by atoms with Crippen molar-refractivity contribution in [1.29, 1.82) is 0 Å². The highest BCUT2D eigenvalue weighted by Gasteiger charge is 2.18. The molecular formula is C12H14ClN3S. The second-order valence-electron chi connectivity index (χ2n) is 4.10. The molecule has 2 rings (SSSR count). The Balaban J connectivity index is 2.23. The van der Waals surface area contributed by atoms with E-state index >= 15 is 0 Å². The van der Waals surface area contributed by atoms with Gasteiger partial charge in [-0.3, -0.25) is 0 Å². The van der Waals surface area contributed by atoms with E-state index in [0.717, 1.165) is 0 Å². The minimum Gasteiger partial charge on any atom is -0.361 e. The molecule has 0 amide bonds. The van der Waals surface area contributed by atoms with Crippen molar-refractivity contribution < 1.29 is 0 Å². The van der Waals surface area contributed by atoms with Crippen LogP contribution < -0.4 is 5.32 Å². The Morgan fingerprint density at radius 2 is 2.24 bits per heavy atom. The van der Waals surface area contributed by atoms with Gasteiger partial charge in [-0.1, -0.05) is 31.5 Å². The largest absolute Gasteiger partial charge is 0.361 e. The minimum atomic E-state index is 0.224. The topological polar surface area (TPSA) is 37.8 Å². The molecule has 0 saturated heterocycles. The summed E-state index contributed by atoms with van der Waals surface area (Å²) < 4.78 is 0. The lowest BCUT2D eigenvalue weighted by atomic mass is 10.0. The van der Waals surface area contributed by atoms with Gasteiger partial charge in [0.25, 0.3) is 0 Å². The Morgan fingerprint density at radius 1 is 1.41 bits per heavy atom. The molecule has 0 aliphatic heterocycles. The average molecular weight is 268 g/mol. The fourth-order valence-electron chi connectivity index (χ4n) is 1.60. The molecule has 0 aliphatic carbocycles. The van der Waals surface area contributed by atoms with E-state index in [1.165, 1.54) is 11.2 Å². The maximum atomic E-state index is 6.05. The smallest absolute Gasteiger partial charge is 0.148 e. The molecule has 0 aliphatic rings. The molecule has 1 atom stereocenters. The van der Waals surface area contributed by atoms with Crippen LogP contribution in [0, 0.1) is 5.92 Å². The van der Waals surface area contributed by atoms with Crippen LogP contribution in [-0.4, -0.2) is 9.97 Å². The van der Waals surface area contributed by atoms with Gasteiger partial charge in [-0.05, 0) is 17.4 Å². The fourth-order valence-corrected chi connectivity index (χ4v) is 2.71. The van der Waals surface area contributed by atoms with Crippen LogP contribution in [0.3, 0.4) is 0 Å². The molecule has 5 heteroatoms. The lowest BCUT2D eigenvalue weighted by Gasteiger charge is -2.22. The summed E-state index contributed by atoms with van der Waals surface area (Å²) in [5, 5.41) is 6.00. The van der Waals surface area contributed by atoms with E-state index in [1.807, 2.05) is 0 Å². The summed E-state index contributed by atoms with van der Waals surface area (Å²) in [5.41, 5.74) is 0. The van der Waals surface area contributed by atoms with Crippen molar-refractivity contribution in [1.82, 2.24) is 9.97 Å². The number of nitrogens with zero attached hydrogens (tertiary/aromatic N) is 2. The predicted octanol–water partition coefficient (Wildman–Crippen LogP) is 4.00. The first-order chi connectivity index (χ1) is 8.18. The van der Waals surface area contributed by atoms with E-state index in [4.69, 9.17) is 11.6 Å². The minimum absolute atomic E-state index is 0.224. The van der Waals surface area contributed by atoms with E-state index in [2.05, 4.69) is 46.6 Å². The number of anilines is 1. The van der Waals surface area contributed by atoms with Gasteiger partial charge < -0.3 is 5.32 Å². The number of hydrogen-bond acceptors (Lipinski definition) is 4. The van der Waals surface area contributed by atoms with Gasteiger partial charge in [0.1, 0.15) is 17.2 Å². The van der Waals surface area contributed by atoms with Crippen LogP contribution in [0.25, 0.3) is 0 Å². The number of aromatic nitrogens is 2. The molecule has 0 bridgehead atoms. The summed E-state index contributed by atoms with van der Waals surface area (Å²) in [5.74, 6) is 1.15. The third-order valence-electron chi connectivity index (χ3n) is 2.48. The predicted molar refractivity (Wildman–Crippen MR) is 72.6 cm³/mol. The molecule has 17 heavy (non-hydrogen) atoms. The maximum Gasteiger partial charge on any atom is 0.148 e. The van der Waals surface area contributed by atoms with Crippen molar-refractivity contribution in [3.63, 3.8) is 0 Å². The number of halogens is 1. The molecule has 1 N–H and O–H groups in total. The zero-order valence-electron chi connectivity index (χ0n) is 9.72. The Hall–Kier alpha value is -1.13. The van der Waals surface area contributed by atoms with Crippen molar-refractivity contribution in [2.24, 2.45) is 5.92 Å². The normalized spacial score (nSPS) is 12.7. The van der Waals surface area contributed by atoms with Gasteiger partial charge in [0, 0.05) is 4.88 Å². The van der Waals surface area contributed by atoms with E-state index in [9.17, 15) is 0 Å². The molecule has 90 valence electrons. The lowest BCUT2D eigenvalue weighted by Crippen LogP contribution is -2.16. The average Bonchev–Trinajstić information content (AvgIpc) is 2.81. The summed E-state index contributed by atoms with van der Waals surface area (Å²) in [4.78, 5) is 9.33. The summed E-state index contributed by atoms with van der Waals surface area (Å²) in [6.07, 6.45) is 3.10. The Bertz CT molecular complexity index is 470. The molecule has 0 spiro atoms. The van der Waals surface area contributed by atoms with Crippen molar-refractivity contribution in [2.75, 3.05) is 5.32 Å². The molecule has 3 nitrogen and oxygen atoms in total. The first-order valence-electron chi connectivity index (χ1n) is 5.44. The Kier molecular flexibility index (Phi) is 3.97. The monoisotopic (exact) mass is 267 g/mol. The molecular weight excluding hydrogens is 254 g/mol. The van der Waals surface area contributed by atoms with Gasteiger partial charge in [0.15, 0.2) is 0 Å². The van der Waals surface area contributed by atoms with Gasteiger partial charge in [0.2, 0.25) is 0 Å². The van der Waals surface area contributed by atoms with Crippen LogP contribution >= 0.6 is 22.9 Å². The van der Waals surface area contributed by atoms with Crippen LogP contribution in [-0.2, 0) is 0 Å². The van der Waals surface area contributed by atoms with Gasteiger partial charge in [-0.25, -0.2) is 9.97 Å². The summed E-state index contributed by atoms with van der Waals surface area (Å²) >= 11 is 7.79. The molecule has 2 aromatic heterocycles. The highest BCUT2D eigenvalue weighted by Crippen LogP contribution is 2.30. The number of thiophene rings is 1. The van der Waals surface area contributed by atoms with Crippen molar-refractivity contribution in [3.8, 4) is 0 Å². The first-order valence-corrected chi connectivity index (χ1v) is 6.69. The van der Waals surface area contributed by atoms with E-state index in [-0.39, 0.29) is 6.04 Å². The second-order valence-corrected chi connectivity index (χ2v) is 5.49. The van der Waals surface area contributed by atoms with Gasteiger partial charge >= 0.3 is 0 Å². The second kappa shape index (κ2) is 5.47. The molecule has 2 aromatic rings. The Labute approximate surface area is 110 Å². The van der Waals surface area contributed by atoms with Crippen LogP contribution in [0.4, 0.5) is 5.82 Å². The molecule has 0 aromatic carbocycles. The standard InChI is InChI=1S/C12H14ClN3S/c1-8(2)11(10-4-3-5-17-10)16-12-9(13)6-14-7-15-12/h3-8,11H,1-2H3,(H,14,15,16). The van der Waals surface area contributed by atoms with Crippen molar-refractivity contribution in [2.45, 2.75) is 19.9 Å². The molecule has 1 unspecified atom stereocenters. The SMILES string of the molecule is CC(C)C(Nc1ncncc1Cl)c1cccs1. The van der Waals surface area contributed by atoms with Crippen LogP contribution in [0.5, 0.6) is 0 Å². The molecule has 0 saturated carbocycles. The molecule has 2 heterocycles. The highest BCUT2D eigenvalue weighted by atomic mass is 35.5. The summed E-state index contributed by atoms with van der Waals surface area (Å²) in [6, 6.07) is 4.40. The van der Waals surface area contributed by atoms with Crippen molar-refractivity contribution >= 4 is 28.8 Å². The maximum absolute atomic E-state index is 6.05. The van der Waals surface area contributed by atoms with Gasteiger partial charge in [-0.2, -0.15) is 0 Å². The fraction of sp³-hybridized carbons (Fsp3) is 0.333. The number of nitrogens with one attached hydrogen (secondary N) is 1. The van der Waals surface area contributed by atoms with Crippen LogP contribution in [0.2, 0.25) is 5.02 Å². The quantitative estimate of drug-likeness (QED) is 0.910.